The molecule has 0 unspecified atom stereocenters. The molecule has 0 aromatic carbocycles. The van der Waals surface area contributed by atoms with Gasteiger partial charge < -0.3 is 5.11 Å². The number of hydrogen-bond acceptors (Lipinski definition) is 1. The van der Waals surface area contributed by atoms with Gasteiger partial charge in [0.2, 0.25) is 0 Å². The summed E-state index contributed by atoms with van der Waals surface area (Å²) in [6.07, 6.45) is -0.668. The van der Waals surface area contributed by atoms with Crippen LogP contribution in [0.1, 0.15) is 12.8 Å². The fraction of sp³-hybridized carbons (Fsp3) is 0.750. The number of aliphatic hydroxyl groups is 1. The lowest BCUT2D eigenvalue weighted by Gasteiger charge is -2.30. The van der Waals surface area contributed by atoms with Crippen LogP contribution < -0.4 is 0 Å². The first kappa shape index (κ1) is 4.97. The fourth-order valence-corrected chi connectivity index (χ4v) is 0.426. The number of hydrogen-bond donors (Lipinski definition) is 1. The SMILES string of the molecule is O[C]1CCC1(F)F. The molecule has 1 saturated carbocycles. The Morgan fingerprint density at radius 2 is 2.00 bits per heavy atom. The standard InChI is InChI=1S/C4H5F2O/c5-4(6)2-1-3(4)7/h7H,1-2H2. The van der Waals surface area contributed by atoms with Crippen molar-refractivity contribution in [2.24, 2.45) is 0 Å². The van der Waals surface area contributed by atoms with E-state index in [2.05, 4.69) is 0 Å². The second-order valence-electron chi connectivity index (χ2n) is 1.65. The first-order valence-electron chi connectivity index (χ1n) is 2.06. The molecule has 1 aliphatic carbocycles. The monoisotopic (exact) mass is 107 g/mol. The van der Waals surface area contributed by atoms with E-state index in [1.165, 1.54) is 0 Å². The molecule has 1 aliphatic rings. The molecule has 0 spiro atoms. The molecule has 41 valence electrons. The molecule has 0 heterocycles. The average Bonchev–Trinajstić information content (AvgIpc) is 1.63. The molecule has 1 fully saturated rings. The van der Waals surface area contributed by atoms with Crippen LogP contribution in [0.3, 0.4) is 0 Å². The van der Waals surface area contributed by atoms with E-state index in [4.69, 9.17) is 5.11 Å². The van der Waals surface area contributed by atoms with Gasteiger partial charge in [0.1, 0.15) is 0 Å². The van der Waals surface area contributed by atoms with Gasteiger partial charge >= 0.3 is 0 Å². The van der Waals surface area contributed by atoms with Gasteiger partial charge in [-0.15, -0.1) is 0 Å². The van der Waals surface area contributed by atoms with Crippen molar-refractivity contribution >= 4 is 0 Å². The topological polar surface area (TPSA) is 20.2 Å². The van der Waals surface area contributed by atoms with Gasteiger partial charge in [0.15, 0.2) is 6.10 Å². The Morgan fingerprint density at radius 1 is 1.57 bits per heavy atom. The fourth-order valence-electron chi connectivity index (χ4n) is 0.426. The van der Waals surface area contributed by atoms with E-state index in [9.17, 15) is 8.78 Å². The van der Waals surface area contributed by atoms with Crippen molar-refractivity contribution in [2.45, 2.75) is 18.8 Å². The van der Waals surface area contributed by atoms with E-state index >= 15 is 0 Å². The third-order valence-electron chi connectivity index (χ3n) is 1.10. The smallest absolute Gasteiger partial charge is 0.279 e. The number of rotatable bonds is 0. The lowest BCUT2D eigenvalue weighted by Crippen LogP contribution is -2.36. The highest BCUT2D eigenvalue weighted by atomic mass is 19.3. The number of aliphatic hydroxyl groups excluding tert-OH is 1. The third kappa shape index (κ3) is 0.608. The first-order valence-corrected chi connectivity index (χ1v) is 2.06. The van der Waals surface area contributed by atoms with Crippen LogP contribution in [0, 0.1) is 6.10 Å². The van der Waals surface area contributed by atoms with Gasteiger partial charge in [0, 0.05) is 6.42 Å². The van der Waals surface area contributed by atoms with Crippen LogP contribution in [0.2, 0.25) is 0 Å². The Hall–Kier alpha value is -0.180. The van der Waals surface area contributed by atoms with Gasteiger partial charge in [0.05, 0.1) is 0 Å². The van der Waals surface area contributed by atoms with E-state index in [1.54, 1.807) is 0 Å². The van der Waals surface area contributed by atoms with Crippen LogP contribution in [-0.4, -0.2) is 11.0 Å². The van der Waals surface area contributed by atoms with E-state index in [0.717, 1.165) is 0 Å². The zero-order chi connectivity index (χ0) is 5.49. The summed E-state index contributed by atoms with van der Waals surface area (Å²) in [5, 5.41) is 8.14. The molecule has 0 aromatic heterocycles. The minimum absolute atomic E-state index is 0.174. The average molecular weight is 107 g/mol. The van der Waals surface area contributed by atoms with Gasteiger partial charge in [0.25, 0.3) is 5.92 Å². The van der Waals surface area contributed by atoms with Crippen molar-refractivity contribution in [2.75, 3.05) is 0 Å². The molecule has 7 heavy (non-hydrogen) atoms. The van der Waals surface area contributed by atoms with Crippen LogP contribution in [0.4, 0.5) is 8.78 Å². The molecule has 1 rings (SSSR count). The largest absolute Gasteiger partial charge is 0.380 e. The maximum Gasteiger partial charge on any atom is 0.279 e. The van der Waals surface area contributed by atoms with Crippen molar-refractivity contribution < 1.29 is 13.9 Å². The van der Waals surface area contributed by atoms with Crippen molar-refractivity contribution in [1.82, 2.24) is 0 Å². The highest BCUT2D eigenvalue weighted by molar-refractivity contribution is 5.03. The molecular weight excluding hydrogens is 102 g/mol. The molecule has 0 atom stereocenters. The molecular formula is C4H5F2O. The summed E-state index contributed by atoms with van der Waals surface area (Å²) < 4.78 is 23.3. The normalized spacial score (nSPS) is 29.6. The number of alkyl halides is 2. The highest BCUT2D eigenvalue weighted by Crippen LogP contribution is 2.42. The van der Waals surface area contributed by atoms with Crippen LogP contribution in [0.25, 0.3) is 0 Å². The molecule has 1 radical (unpaired) electrons. The minimum Gasteiger partial charge on any atom is -0.380 e. The van der Waals surface area contributed by atoms with E-state index < -0.39 is 12.0 Å². The minimum atomic E-state index is -2.85. The van der Waals surface area contributed by atoms with Gasteiger partial charge in [-0.05, 0) is 6.42 Å². The van der Waals surface area contributed by atoms with Gasteiger partial charge in [-0.25, -0.2) is 8.78 Å². The van der Waals surface area contributed by atoms with Crippen molar-refractivity contribution in [3.63, 3.8) is 0 Å². The Bertz CT molecular complexity index is 81.8. The number of halogens is 2. The summed E-state index contributed by atoms with van der Waals surface area (Å²) in [4.78, 5) is 0. The Labute approximate surface area is 40.0 Å². The van der Waals surface area contributed by atoms with E-state index in [-0.39, 0.29) is 12.8 Å². The van der Waals surface area contributed by atoms with E-state index in [1.807, 2.05) is 0 Å². The quantitative estimate of drug-likeness (QED) is 0.495. The zero-order valence-corrected chi connectivity index (χ0v) is 3.62. The predicted octanol–water partition coefficient (Wildman–Crippen LogP) is 1.32. The van der Waals surface area contributed by atoms with Gasteiger partial charge in [-0.2, -0.15) is 0 Å². The first-order chi connectivity index (χ1) is 3.13. The summed E-state index contributed by atoms with van der Waals surface area (Å²) in [6, 6.07) is 0. The molecule has 1 N–H and O–H groups in total. The Kier molecular flexibility index (Phi) is 0.819. The molecule has 0 aromatic rings. The molecule has 3 heteroatoms. The van der Waals surface area contributed by atoms with Gasteiger partial charge in [-0.1, -0.05) is 0 Å². The maximum atomic E-state index is 11.6. The van der Waals surface area contributed by atoms with Crippen LogP contribution in [-0.2, 0) is 0 Å². The summed E-state index contributed by atoms with van der Waals surface area (Å²) in [6.45, 7) is 0. The third-order valence-corrected chi connectivity index (χ3v) is 1.10. The summed E-state index contributed by atoms with van der Waals surface area (Å²) in [5.74, 6) is -2.85. The highest BCUT2D eigenvalue weighted by Gasteiger charge is 2.48. The summed E-state index contributed by atoms with van der Waals surface area (Å²) in [5.41, 5.74) is 0. The maximum absolute atomic E-state index is 11.6. The second kappa shape index (κ2) is 1.15. The summed E-state index contributed by atoms with van der Waals surface area (Å²) in [7, 11) is 0. The van der Waals surface area contributed by atoms with Crippen molar-refractivity contribution in [3.05, 3.63) is 6.10 Å². The Balaban J connectivity index is 2.43. The lowest BCUT2D eigenvalue weighted by atomic mass is 9.91. The lowest BCUT2D eigenvalue weighted by molar-refractivity contribution is -0.108. The second-order valence-corrected chi connectivity index (χ2v) is 1.65. The van der Waals surface area contributed by atoms with Crippen LogP contribution in [0.5, 0.6) is 0 Å². The van der Waals surface area contributed by atoms with E-state index in [0.29, 0.717) is 0 Å². The van der Waals surface area contributed by atoms with Crippen molar-refractivity contribution in [3.8, 4) is 0 Å². The van der Waals surface area contributed by atoms with Gasteiger partial charge in [-0.3, -0.25) is 0 Å². The zero-order valence-electron chi connectivity index (χ0n) is 3.62. The van der Waals surface area contributed by atoms with Crippen LogP contribution in [0.15, 0.2) is 0 Å². The molecule has 1 nitrogen and oxygen atoms in total. The van der Waals surface area contributed by atoms with Crippen LogP contribution >= 0.6 is 0 Å². The van der Waals surface area contributed by atoms with Crippen molar-refractivity contribution in [1.29, 1.82) is 0 Å². The summed E-state index contributed by atoms with van der Waals surface area (Å²) >= 11 is 0. The Morgan fingerprint density at radius 3 is 2.00 bits per heavy atom. The molecule has 0 bridgehead atoms. The molecule has 0 aliphatic heterocycles. The molecule has 0 amide bonds. The molecule has 0 saturated heterocycles. The predicted molar refractivity (Wildman–Crippen MR) is 19.4 cm³/mol.